The number of hydrogen-bond donors (Lipinski definition) is 1. The van der Waals surface area contributed by atoms with Gasteiger partial charge in [-0.05, 0) is 60.9 Å². The molecule has 9 heteroatoms. The molecule has 0 saturated carbocycles. The molecule has 0 aromatic heterocycles. The minimum absolute atomic E-state index is 0.0239. The van der Waals surface area contributed by atoms with Crippen LogP contribution in [0.25, 0.3) is 0 Å². The monoisotopic (exact) mass is 591 g/mol. The van der Waals surface area contributed by atoms with Gasteiger partial charge >= 0.3 is 0 Å². The Morgan fingerprint density at radius 3 is 2.08 bits per heavy atom. The summed E-state index contributed by atoms with van der Waals surface area (Å²) in [5.41, 5.74) is 1.50. The summed E-state index contributed by atoms with van der Waals surface area (Å²) in [7, 11) is -0.650. The number of benzene rings is 1. The molecule has 3 atom stereocenters. The predicted molar refractivity (Wildman–Crippen MR) is 172 cm³/mol. The van der Waals surface area contributed by atoms with E-state index >= 15 is 0 Å². The van der Waals surface area contributed by atoms with E-state index in [1.54, 1.807) is 4.90 Å². The van der Waals surface area contributed by atoms with Gasteiger partial charge in [0.25, 0.3) is 5.91 Å². The number of unbranched alkanes of at least 4 members (excludes halogenated alkanes) is 2. The summed E-state index contributed by atoms with van der Waals surface area (Å²) in [6.07, 6.45) is 2.10. The lowest BCUT2D eigenvalue weighted by Gasteiger charge is -2.43. The van der Waals surface area contributed by atoms with E-state index in [0.29, 0.717) is 18.7 Å². The van der Waals surface area contributed by atoms with Crippen LogP contribution in [0.5, 0.6) is 0 Å². The van der Waals surface area contributed by atoms with Crippen molar-refractivity contribution in [3.63, 3.8) is 0 Å². The zero-order valence-corrected chi connectivity index (χ0v) is 29.6. The van der Waals surface area contributed by atoms with Gasteiger partial charge in [-0.2, -0.15) is 0 Å². The van der Waals surface area contributed by atoms with Crippen LogP contribution in [0.4, 0.5) is 5.69 Å². The first-order valence-corrected chi connectivity index (χ1v) is 20.8. The highest BCUT2D eigenvalue weighted by Crippen LogP contribution is 2.43. The highest BCUT2D eigenvalue weighted by Gasteiger charge is 2.55. The summed E-state index contributed by atoms with van der Waals surface area (Å²) in [6, 6.07) is 6.83. The van der Waals surface area contributed by atoms with Gasteiger partial charge in [0.2, 0.25) is 5.91 Å². The van der Waals surface area contributed by atoms with Crippen LogP contribution in [0.1, 0.15) is 78.1 Å². The Morgan fingerprint density at radius 2 is 1.55 bits per heavy atom. The summed E-state index contributed by atoms with van der Waals surface area (Å²) >= 11 is 0. The second-order valence-electron chi connectivity index (χ2n) is 14.6. The van der Waals surface area contributed by atoms with Gasteiger partial charge in [0, 0.05) is 38.4 Å². The molecule has 1 aliphatic heterocycles. The van der Waals surface area contributed by atoms with E-state index in [1.807, 2.05) is 43.3 Å². The molecule has 1 aromatic carbocycles. The molecule has 2 amide bonds. The number of likely N-dealkylation sites (tertiary alicyclic amines) is 1. The Labute approximate surface area is 246 Å². The van der Waals surface area contributed by atoms with Crippen molar-refractivity contribution >= 4 is 34.1 Å². The van der Waals surface area contributed by atoms with Crippen LogP contribution in [-0.4, -0.2) is 78.8 Å². The summed E-state index contributed by atoms with van der Waals surface area (Å²) in [4.78, 5) is 31.8. The highest BCUT2D eigenvalue weighted by atomic mass is 28.4. The molecule has 0 spiro atoms. The van der Waals surface area contributed by atoms with Gasteiger partial charge in [-0.25, -0.2) is 0 Å². The summed E-state index contributed by atoms with van der Waals surface area (Å²) in [5, 5.41) is 3.06. The van der Waals surface area contributed by atoms with Crippen molar-refractivity contribution in [1.29, 1.82) is 0 Å². The number of hydrogen-bond acceptors (Lipinski definition) is 5. The number of anilines is 1. The Morgan fingerprint density at radius 1 is 0.975 bits per heavy atom. The molecule has 1 saturated heterocycles. The van der Waals surface area contributed by atoms with Gasteiger partial charge in [0.05, 0.1) is 6.10 Å². The Hall–Kier alpha value is -1.69. The van der Waals surface area contributed by atoms with Crippen LogP contribution in [0.3, 0.4) is 0 Å². The maximum atomic E-state index is 14.2. The Bertz CT molecular complexity index is 1010. The van der Waals surface area contributed by atoms with Crippen molar-refractivity contribution in [2.75, 3.05) is 32.1 Å². The highest BCUT2D eigenvalue weighted by molar-refractivity contribution is 6.74. The lowest BCUT2D eigenvalue weighted by molar-refractivity contribution is -0.127. The van der Waals surface area contributed by atoms with Crippen LogP contribution >= 0.6 is 0 Å². The van der Waals surface area contributed by atoms with Crippen molar-refractivity contribution in [3.05, 3.63) is 29.8 Å². The Kier molecular flexibility index (Phi) is 11.3. The molecule has 7 nitrogen and oxygen atoms in total. The number of nitrogens with zero attached hydrogens (tertiary/aromatic N) is 2. The lowest BCUT2D eigenvalue weighted by Crippen LogP contribution is -2.56. The second kappa shape index (κ2) is 13.1. The first-order chi connectivity index (χ1) is 18.2. The van der Waals surface area contributed by atoms with Crippen LogP contribution in [0, 0.1) is 0 Å². The van der Waals surface area contributed by atoms with Crippen LogP contribution in [0.2, 0.25) is 36.3 Å². The topological polar surface area (TPSA) is 71.1 Å². The molecule has 0 radical (unpaired) electrons. The van der Waals surface area contributed by atoms with Crippen LogP contribution in [0.15, 0.2) is 24.3 Å². The SMILES string of the molecule is CCCCCNC(=O)C1[C@H](O[Si](C)(C)C(C)(C)C)[C@@H](O[Si](C)(C)C(C)(C)C)CN1C(=O)c1cccc(N(C)C)c1. The number of amides is 2. The molecule has 0 bridgehead atoms. The number of carbonyl (C=O) groups is 2. The summed E-state index contributed by atoms with van der Waals surface area (Å²) < 4.78 is 14.0. The Balaban J connectivity index is 2.60. The molecule has 40 heavy (non-hydrogen) atoms. The normalized spacial score (nSPS) is 20.5. The lowest BCUT2D eigenvalue weighted by atomic mass is 10.1. The number of nitrogens with one attached hydrogen (secondary N) is 1. The largest absolute Gasteiger partial charge is 0.409 e. The third kappa shape index (κ3) is 8.20. The van der Waals surface area contributed by atoms with E-state index in [1.165, 1.54) is 0 Å². The molecular weight excluding hydrogens is 535 g/mol. The molecule has 1 fully saturated rings. The third-order valence-electron chi connectivity index (χ3n) is 9.10. The third-order valence-corrected chi connectivity index (χ3v) is 18.1. The summed E-state index contributed by atoms with van der Waals surface area (Å²) in [6.45, 7) is 25.2. The van der Waals surface area contributed by atoms with Crippen molar-refractivity contribution < 1.29 is 18.4 Å². The first kappa shape index (κ1) is 34.5. The van der Waals surface area contributed by atoms with Crippen LogP contribution in [-0.2, 0) is 13.6 Å². The van der Waals surface area contributed by atoms with E-state index in [2.05, 4.69) is 80.0 Å². The molecule has 1 aromatic rings. The first-order valence-electron chi connectivity index (χ1n) is 14.9. The molecule has 1 aliphatic rings. The summed E-state index contributed by atoms with van der Waals surface area (Å²) in [5.74, 6) is -0.319. The fourth-order valence-electron chi connectivity index (χ4n) is 4.38. The van der Waals surface area contributed by atoms with Crippen molar-refractivity contribution in [2.45, 2.75) is 122 Å². The molecule has 228 valence electrons. The van der Waals surface area contributed by atoms with E-state index < -0.39 is 28.8 Å². The minimum atomic E-state index is -2.32. The van der Waals surface area contributed by atoms with Gasteiger partial charge in [-0.15, -0.1) is 0 Å². The number of rotatable bonds is 11. The van der Waals surface area contributed by atoms with E-state index in [4.69, 9.17) is 8.85 Å². The zero-order valence-electron chi connectivity index (χ0n) is 27.6. The fraction of sp³-hybridized carbons (Fsp3) is 0.742. The molecular formula is C31H57N3O4Si2. The molecule has 1 heterocycles. The maximum absolute atomic E-state index is 14.2. The standard InChI is InChI=1S/C31H57N3O4Si2/c1-14-15-16-20-32-28(35)26-27(38-40(12,13)31(5,6)7)25(37-39(10,11)30(2,3)4)22-34(26)29(36)23-18-17-19-24(21-23)33(8)9/h17-19,21,25-27H,14-16,20,22H2,1-13H3,(H,32,35)/t25-,26?,27+/m0/s1. The molecule has 0 aliphatic carbocycles. The van der Waals surface area contributed by atoms with Gasteiger partial charge in [-0.3, -0.25) is 9.59 Å². The van der Waals surface area contributed by atoms with Crippen molar-refractivity contribution in [3.8, 4) is 0 Å². The fourth-order valence-corrected chi connectivity index (χ4v) is 7.02. The second-order valence-corrected chi connectivity index (χ2v) is 24.1. The number of carbonyl (C=O) groups excluding carboxylic acids is 2. The minimum Gasteiger partial charge on any atom is -0.409 e. The average Bonchev–Trinajstić information content (AvgIpc) is 3.16. The smallest absolute Gasteiger partial charge is 0.254 e. The van der Waals surface area contributed by atoms with E-state index in [0.717, 1.165) is 24.9 Å². The predicted octanol–water partition coefficient (Wildman–Crippen LogP) is 6.66. The van der Waals surface area contributed by atoms with E-state index in [9.17, 15) is 9.59 Å². The molecule has 1 N–H and O–H groups in total. The van der Waals surface area contributed by atoms with Crippen molar-refractivity contribution in [1.82, 2.24) is 10.2 Å². The molecule has 1 unspecified atom stereocenters. The van der Waals surface area contributed by atoms with E-state index in [-0.39, 0.29) is 28.0 Å². The quantitative estimate of drug-likeness (QED) is 0.230. The van der Waals surface area contributed by atoms with Gasteiger partial charge in [-0.1, -0.05) is 67.4 Å². The van der Waals surface area contributed by atoms with Gasteiger partial charge < -0.3 is 24.0 Å². The zero-order chi connectivity index (χ0) is 30.7. The van der Waals surface area contributed by atoms with Gasteiger partial charge in [0.15, 0.2) is 16.6 Å². The van der Waals surface area contributed by atoms with Crippen LogP contribution < -0.4 is 10.2 Å². The average molecular weight is 592 g/mol. The maximum Gasteiger partial charge on any atom is 0.254 e. The molecule has 2 rings (SSSR count). The van der Waals surface area contributed by atoms with Crippen molar-refractivity contribution in [2.24, 2.45) is 0 Å². The van der Waals surface area contributed by atoms with Gasteiger partial charge in [0.1, 0.15) is 12.1 Å².